The predicted molar refractivity (Wildman–Crippen MR) is 78.8 cm³/mol. The SMILES string of the molecule is Nc1cc(Cl)ccc1Cn1cnc2ccsc2c1=O. The Kier molecular flexibility index (Phi) is 3.00. The van der Waals surface area contributed by atoms with E-state index in [1.807, 2.05) is 17.5 Å². The molecule has 1 aromatic carbocycles. The summed E-state index contributed by atoms with van der Waals surface area (Å²) in [6, 6.07) is 7.10. The fraction of sp³-hybridized carbons (Fsp3) is 0.0769. The normalized spacial score (nSPS) is 11.0. The summed E-state index contributed by atoms with van der Waals surface area (Å²) in [7, 11) is 0. The summed E-state index contributed by atoms with van der Waals surface area (Å²) >= 11 is 7.25. The number of nitrogen functional groups attached to an aromatic ring is 1. The molecule has 0 aliphatic heterocycles. The lowest BCUT2D eigenvalue weighted by Crippen LogP contribution is -2.20. The van der Waals surface area contributed by atoms with E-state index in [-0.39, 0.29) is 5.56 Å². The van der Waals surface area contributed by atoms with Gasteiger partial charge in [-0.05, 0) is 29.1 Å². The van der Waals surface area contributed by atoms with Crippen molar-refractivity contribution in [2.45, 2.75) is 6.54 Å². The molecule has 0 amide bonds. The number of hydrogen-bond acceptors (Lipinski definition) is 4. The van der Waals surface area contributed by atoms with Crippen molar-refractivity contribution in [3.63, 3.8) is 0 Å². The Morgan fingerprint density at radius 2 is 2.21 bits per heavy atom. The first-order valence-electron chi connectivity index (χ1n) is 5.62. The molecule has 3 aromatic rings. The molecule has 0 saturated carbocycles. The molecule has 0 bridgehead atoms. The van der Waals surface area contributed by atoms with Crippen molar-refractivity contribution in [2.75, 3.05) is 5.73 Å². The Morgan fingerprint density at radius 3 is 3.00 bits per heavy atom. The van der Waals surface area contributed by atoms with Gasteiger partial charge >= 0.3 is 0 Å². The van der Waals surface area contributed by atoms with Crippen LogP contribution in [-0.4, -0.2) is 9.55 Å². The monoisotopic (exact) mass is 291 g/mol. The Hall–Kier alpha value is -1.85. The van der Waals surface area contributed by atoms with Crippen molar-refractivity contribution in [3.05, 3.63) is 56.9 Å². The van der Waals surface area contributed by atoms with Crippen LogP contribution in [0.25, 0.3) is 10.2 Å². The highest BCUT2D eigenvalue weighted by Gasteiger charge is 2.07. The van der Waals surface area contributed by atoms with Gasteiger partial charge in [-0.25, -0.2) is 4.98 Å². The van der Waals surface area contributed by atoms with Crippen LogP contribution in [-0.2, 0) is 6.54 Å². The van der Waals surface area contributed by atoms with Crippen LogP contribution in [0.2, 0.25) is 5.02 Å². The molecule has 3 rings (SSSR count). The third-order valence-corrected chi connectivity index (χ3v) is 4.01. The summed E-state index contributed by atoms with van der Waals surface area (Å²) in [5, 5.41) is 2.44. The number of halogens is 1. The van der Waals surface area contributed by atoms with Crippen molar-refractivity contribution < 1.29 is 0 Å². The second-order valence-corrected chi connectivity index (χ2v) is 5.51. The van der Waals surface area contributed by atoms with Crippen molar-refractivity contribution >= 4 is 38.8 Å². The van der Waals surface area contributed by atoms with Gasteiger partial charge in [0.2, 0.25) is 0 Å². The van der Waals surface area contributed by atoms with E-state index in [4.69, 9.17) is 17.3 Å². The molecule has 0 atom stereocenters. The lowest BCUT2D eigenvalue weighted by Gasteiger charge is -2.08. The first-order valence-corrected chi connectivity index (χ1v) is 6.87. The minimum absolute atomic E-state index is 0.0469. The third-order valence-electron chi connectivity index (χ3n) is 2.88. The summed E-state index contributed by atoms with van der Waals surface area (Å²) in [6.07, 6.45) is 1.55. The molecule has 0 aliphatic carbocycles. The van der Waals surface area contributed by atoms with Crippen LogP contribution in [0, 0.1) is 0 Å². The largest absolute Gasteiger partial charge is 0.398 e. The van der Waals surface area contributed by atoms with Gasteiger partial charge < -0.3 is 5.73 Å². The molecule has 2 heterocycles. The molecule has 0 radical (unpaired) electrons. The Bertz CT molecular complexity index is 809. The Balaban J connectivity index is 2.05. The number of hydrogen-bond donors (Lipinski definition) is 1. The summed E-state index contributed by atoms with van der Waals surface area (Å²) in [4.78, 5) is 16.5. The second kappa shape index (κ2) is 4.68. The van der Waals surface area contributed by atoms with Crippen LogP contribution in [0.1, 0.15) is 5.56 Å². The van der Waals surface area contributed by atoms with E-state index in [9.17, 15) is 4.79 Å². The van der Waals surface area contributed by atoms with Crippen LogP contribution in [0.3, 0.4) is 0 Å². The zero-order chi connectivity index (χ0) is 13.4. The van der Waals surface area contributed by atoms with E-state index in [1.165, 1.54) is 11.3 Å². The minimum Gasteiger partial charge on any atom is -0.398 e. The minimum atomic E-state index is -0.0469. The van der Waals surface area contributed by atoms with E-state index in [0.717, 1.165) is 11.1 Å². The summed E-state index contributed by atoms with van der Waals surface area (Å²) in [5.41, 5.74) is 8.01. The zero-order valence-corrected chi connectivity index (χ0v) is 11.4. The first-order chi connectivity index (χ1) is 9.15. The molecule has 19 heavy (non-hydrogen) atoms. The molecule has 0 fully saturated rings. The molecule has 4 nitrogen and oxygen atoms in total. The van der Waals surface area contributed by atoms with Crippen LogP contribution < -0.4 is 11.3 Å². The molecule has 2 aromatic heterocycles. The van der Waals surface area contributed by atoms with Crippen molar-refractivity contribution in [2.24, 2.45) is 0 Å². The van der Waals surface area contributed by atoms with Gasteiger partial charge in [-0.15, -0.1) is 11.3 Å². The maximum absolute atomic E-state index is 12.2. The smallest absolute Gasteiger partial charge is 0.271 e. The van der Waals surface area contributed by atoms with Crippen LogP contribution in [0.15, 0.2) is 40.8 Å². The average molecular weight is 292 g/mol. The van der Waals surface area contributed by atoms with E-state index < -0.39 is 0 Å². The molecule has 2 N–H and O–H groups in total. The molecule has 0 unspecified atom stereocenters. The van der Waals surface area contributed by atoms with Crippen molar-refractivity contribution in [3.8, 4) is 0 Å². The standard InChI is InChI=1S/C13H10ClN3OS/c14-9-2-1-8(10(15)5-9)6-17-7-16-11-3-4-19-12(11)13(17)18/h1-5,7H,6,15H2. The number of fused-ring (bicyclic) bond motifs is 1. The number of anilines is 1. The first kappa shape index (κ1) is 12.2. The Morgan fingerprint density at radius 1 is 1.37 bits per heavy atom. The van der Waals surface area contributed by atoms with E-state index in [2.05, 4.69) is 4.98 Å². The number of aromatic nitrogens is 2. The summed E-state index contributed by atoms with van der Waals surface area (Å²) < 4.78 is 2.22. The lowest BCUT2D eigenvalue weighted by molar-refractivity contribution is 0.751. The average Bonchev–Trinajstić information content (AvgIpc) is 2.85. The Labute approximate surface area is 118 Å². The molecule has 0 spiro atoms. The highest BCUT2D eigenvalue weighted by Crippen LogP contribution is 2.19. The predicted octanol–water partition coefficient (Wildman–Crippen LogP) is 2.74. The fourth-order valence-corrected chi connectivity index (χ4v) is 2.86. The van der Waals surface area contributed by atoms with Crippen LogP contribution in [0.4, 0.5) is 5.69 Å². The highest BCUT2D eigenvalue weighted by atomic mass is 35.5. The maximum Gasteiger partial charge on any atom is 0.271 e. The second-order valence-electron chi connectivity index (χ2n) is 4.16. The van der Waals surface area contributed by atoms with Gasteiger partial charge in [0.25, 0.3) is 5.56 Å². The van der Waals surface area contributed by atoms with Crippen LogP contribution in [0.5, 0.6) is 0 Å². The van der Waals surface area contributed by atoms with E-state index in [1.54, 1.807) is 23.0 Å². The fourth-order valence-electron chi connectivity index (χ4n) is 1.88. The van der Waals surface area contributed by atoms with Crippen molar-refractivity contribution in [1.82, 2.24) is 9.55 Å². The van der Waals surface area contributed by atoms with Crippen LogP contribution >= 0.6 is 22.9 Å². The maximum atomic E-state index is 12.2. The van der Waals surface area contributed by atoms with Gasteiger partial charge in [0.05, 0.1) is 18.4 Å². The molecular formula is C13H10ClN3OS. The quantitative estimate of drug-likeness (QED) is 0.739. The zero-order valence-electron chi connectivity index (χ0n) is 9.84. The van der Waals surface area contributed by atoms with Gasteiger partial charge in [-0.1, -0.05) is 17.7 Å². The van der Waals surface area contributed by atoms with E-state index in [0.29, 0.717) is 22.0 Å². The molecule has 0 saturated heterocycles. The molecule has 0 aliphatic rings. The highest BCUT2D eigenvalue weighted by molar-refractivity contribution is 7.17. The van der Waals surface area contributed by atoms with E-state index >= 15 is 0 Å². The van der Waals surface area contributed by atoms with Gasteiger partial charge in [0, 0.05) is 10.7 Å². The summed E-state index contributed by atoms with van der Waals surface area (Å²) in [5.74, 6) is 0. The van der Waals surface area contributed by atoms with Gasteiger partial charge in [0.1, 0.15) is 4.70 Å². The molecule has 96 valence electrons. The van der Waals surface area contributed by atoms with Crippen molar-refractivity contribution in [1.29, 1.82) is 0 Å². The number of thiophene rings is 1. The molecule has 6 heteroatoms. The number of nitrogens with zero attached hydrogens (tertiary/aromatic N) is 2. The number of benzene rings is 1. The lowest BCUT2D eigenvalue weighted by atomic mass is 10.2. The topological polar surface area (TPSA) is 60.9 Å². The van der Waals surface area contributed by atoms with Gasteiger partial charge in [-0.3, -0.25) is 9.36 Å². The third kappa shape index (κ3) is 2.22. The molecular weight excluding hydrogens is 282 g/mol. The number of nitrogens with two attached hydrogens (primary N) is 1. The number of rotatable bonds is 2. The van der Waals surface area contributed by atoms with Gasteiger partial charge in [0.15, 0.2) is 0 Å². The summed E-state index contributed by atoms with van der Waals surface area (Å²) in [6.45, 7) is 0.392. The van der Waals surface area contributed by atoms with Gasteiger partial charge in [-0.2, -0.15) is 0 Å².